The Kier molecular flexibility index (Phi) is 30.0. The molecule has 0 aliphatic heterocycles. The number of carbonyl (C=O) groups excluding carboxylic acids is 2. The Labute approximate surface area is 256 Å². The van der Waals surface area contributed by atoms with Crippen molar-refractivity contribution in [3.63, 3.8) is 0 Å². The molecule has 0 atom stereocenters. The maximum absolute atomic E-state index is 11.8. The van der Waals surface area contributed by atoms with Gasteiger partial charge < -0.3 is 9.26 Å². The van der Waals surface area contributed by atoms with E-state index in [0.29, 0.717) is 19.4 Å². The fourth-order valence-electron chi connectivity index (χ4n) is 3.98. The van der Waals surface area contributed by atoms with E-state index in [1.54, 1.807) is 0 Å². The summed E-state index contributed by atoms with van der Waals surface area (Å²) in [5.41, 5.74) is 0. The van der Waals surface area contributed by atoms with Crippen LogP contribution in [0.2, 0.25) is 0 Å². The van der Waals surface area contributed by atoms with Crippen molar-refractivity contribution in [2.24, 2.45) is 0 Å². The van der Waals surface area contributed by atoms with Gasteiger partial charge in [0.25, 0.3) is 0 Å². The van der Waals surface area contributed by atoms with E-state index in [1.807, 2.05) is 0 Å². The van der Waals surface area contributed by atoms with Crippen LogP contribution in [0.5, 0.6) is 0 Å². The van der Waals surface area contributed by atoms with Gasteiger partial charge in [-0.2, -0.15) is 0 Å². The van der Waals surface area contributed by atoms with E-state index in [2.05, 4.69) is 11.4 Å². The van der Waals surface area contributed by atoms with Gasteiger partial charge in [-0.05, 0) is 19.3 Å². The average Bonchev–Trinajstić information content (AvgIpc) is 2.77. The Morgan fingerprint density at radius 1 is 0.571 bits per heavy atom. The molecule has 0 rings (SSSR count). The van der Waals surface area contributed by atoms with Gasteiger partial charge in [-0.15, -0.1) is 0 Å². The molecule has 204 valence electrons. The fraction of sp³-hybridized carbons (Fsp3) is 0.923. The molecule has 0 aromatic carbocycles. The van der Waals surface area contributed by atoms with E-state index in [0.717, 1.165) is 44.9 Å². The van der Waals surface area contributed by atoms with E-state index in [9.17, 15) is 14.2 Å². The van der Waals surface area contributed by atoms with Crippen LogP contribution >= 0.6 is 7.82 Å². The summed E-state index contributed by atoms with van der Waals surface area (Å²) in [4.78, 5) is 40.0. The van der Waals surface area contributed by atoms with Crippen LogP contribution < -0.4 is 0 Å². The summed E-state index contributed by atoms with van der Waals surface area (Å²) in [6.07, 6.45) is 23.8. The van der Waals surface area contributed by atoms with Crippen molar-refractivity contribution < 1.29 is 33.2 Å². The van der Waals surface area contributed by atoms with Crippen LogP contribution in [0.15, 0.2) is 0 Å². The van der Waals surface area contributed by atoms with Crippen LogP contribution in [0.3, 0.4) is 0 Å². The molecule has 0 saturated heterocycles. The summed E-state index contributed by atoms with van der Waals surface area (Å²) in [6.45, 7) is 2.79. The molecule has 0 spiro atoms. The monoisotopic (exact) mass is 546 g/mol. The van der Waals surface area contributed by atoms with Crippen LogP contribution in [-0.4, -0.2) is 79.7 Å². The first-order valence-corrected chi connectivity index (χ1v) is 15.3. The molecule has 2 N–H and O–H groups in total. The zero-order valence-corrected chi connectivity index (χ0v) is 22.5. The summed E-state index contributed by atoms with van der Waals surface area (Å²) in [6, 6.07) is 0. The molecule has 0 unspecified atom stereocenters. The number of rotatable bonds is 25. The molecule has 7 nitrogen and oxygen atoms in total. The Bertz CT molecular complexity index is 540. The SMILES string of the molecule is CCCCCCCCCCCCCCCCOC(=O)CCCCCCCCC(=O)OP(=O)(O)O.[KH]. The first-order chi connectivity index (χ1) is 16.3. The average molecular weight is 547 g/mol. The van der Waals surface area contributed by atoms with Gasteiger partial charge in [-0.25, -0.2) is 4.57 Å². The predicted octanol–water partition coefficient (Wildman–Crippen LogP) is 7.12. The van der Waals surface area contributed by atoms with Crippen molar-refractivity contribution in [3.05, 3.63) is 0 Å². The van der Waals surface area contributed by atoms with Gasteiger partial charge >= 0.3 is 71.1 Å². The Morgan fingerprint density at radius 3 is 1.31 bits per heavy atom. The van der Waals surface area contributed by atoms with Gasteiger partial charge in [0, 0.05) is 12.8 Å². The zero-order valence-electron chi connectivity index (χ0n) is 21.6. The maximum atomic E-state index is 11.8. The first kappa shape index (κ1) is 37.9. The van der Waals surface area contributed by atoms with E-state index in [1.165, 1.54) is 77.0 Å². The molecule has 0 heterocycles. The van der Waals surface area contributed by atoms with Gasteiger partial charge in [-0.1, -0.05) is 116 Å². The summed E-state index contributed by atoms with van der Waals surface area (Å²) in [5, 5.41) is 0. The molecular weight excluding hydrogens is 494 g/mol. The number of carbonyl (C=O) groups is 2. The van der Waals surface area contributed by atoms with Crippen molar-refractivity contribution in [1.82, 2.24) is 0 Å². The van der Waals surface area contributed by atoms with Crippen LogP contribution in [0.4, 0.5) is 0 Å². The normalized spacial score (nSPS) is 11.2. The van der Waals surface area contributed by atoms with Gasteiger partial charge in [-0.3, -0.25) is 19.4 Å². The van der Waals surface area contributed by atoms with Crippen molar-refractivity contribution in [1.29, 1.82) is 0 Å². The summed E-state index contributed by atoms with van der Waals surface area (Å²) in [5.74, 6) is -0.982. The predicted molar refractivity (Wildman–Crippen MR) is 143 cm³/mol. The summed E-state index contributed by atoms with van der Waals surface area (Å²) in [7, 11) is -4.72. The zero-order chi connectivity index (χ0) is 25.3. The van der Waals surface area contributed by atoms with Crippen LogP contribution in [-0.2, 0) is 23.4 Å². The number of phosphoric acid groups is 1. The number of ether oxygens (including phenoxy) is 1. The summed E-state index contributed by atoms with van der Waals surface area (Å²) >= 11 is 0. The number of unbranched alkanes of at least 4 members (excludes halogenated alkanes) is 18. The molecule has 0 radical (unpaired) electrons. The Hall–Kier alpha value is 0.726. The van der Waals surface area contributed by atoms with Crippen molar-refractivity contribution in [2.45, 2.75) is 148 Å². The first-order valence-electron chi connectivity index (χ1n) is 13.8. The molecule has 0 aromatic heterocycles. The molecule has 9 heteroatoms. The number of hydrogen-bond donors (Lipinski definition) is 2. The van der Waals surface area contributed by atoms with Crippen LogP contribution in [0.1, 0.15) is 148 Å². The molecule has 0 aromatic rings. The van der Waals surface area contributed by atoms with Crippen molar-refractivity contribution in [3.8, 4) is 0 Å². The molecular formula is C26H52KO7P. The van der Waals surface area contributed by atoms with Crippen molar-refractivity contribution >= 4 is 71.1 Å². The van der Waals surface area contributed by atoms with Crippen molar-refractivity contribution in [2.75, 3.05) is 6.61 Å². The second-order valence-corrected chi connectivity index (χ2v) is 10.6. The third-order valence-corrected chi connectivity index (χ3v) is 6.43. The quantitative estimate of drug-likeness (QED) is 0.0543. The molecule has 0 aliphatic carbocycles. The summed E-state index contributed by atoms with van der Waals surface area (Å²) < 4.78 is 19.8. The Morgan fingerprint density at radius 2 is 0.914 bits per heavy atom. The molecule has 0 fully saturated rings. The third kappa shape index (κ3) is 32.7. The topological polar surface area (TPSA) is 110 Å². The molecule has 0 saturated carbocycles. The molecule has 0 bridgehead atoms. The minimum atomic E-state index is -4.72. The van der Waals surface area contributed by atoms with E-state index in [4.69, 9.17) is 14.5 Å². The van der Waals surface area contributed by atoms with E-state index >= 15 is 0 Å². The standard InChI is InChI=1S/C26H51O7P.K.H/c1-2-3-4-5-6-7-8-9-10-11-12-15-18-21-24-32-25(27)22-19-16-13-14-17-20-23-26(28)33-34(29,30)31;;/h2-24H2,1H3,(H2,29,30,31);;. The second-order valence-electron chi connectivity index (χ2n) is 9.39. The van der Waals surface area contributed by atoms with Gasteiger partial charge in [0.15, 0.2) is 0 Å². The fourth-order valence-corrected chi connectivity index (χ4v) is 4.34. The number of hydrogen-bond acceptors (Lipinski definition) is 5. The van der Waals surface area contributed by atoms with Gasteiger partial charge in [0.2, 0.25) is 0 Å². The minimum absolute atomic E-state index is 0. The Balaban J connectivity index is 0. The van der Waals surface area contributed by atoms with E-state index in [-0.39, 0.29) is 63.8 Å². The molecule has 35 heavy (non-hydrogen) atoms. The van der Waals surface area contributed by atoms with Gasteiger partial charge in [0.05, 0.1) is 6.61 Å². The van der Waals surface area contributed by atoms with Crippen LogP contribution in [0.25, 0.3) is 0 Å². The number of phosphoric ester groups is 1. The van der Waals surface area contributed by atoms with E-state index < -0.39 is 13.8 Å². The molecule has 0 aliphatic rings. The van der Waals surface area contributed by atoms with Gasteiger partial charge in [0.1, 0.15) is 0 Å². The second kappa shape index (κ2) is 27.8. The molecule has 0 amide bonds. The third-order valence-electron chi connectivity index (χ3n) is 5.99. The number of esters is 1. The van der Waals surface area contributed by atoms with Crippen LogP contribution in [0, 0.1) is 0 Å².